The van der Waals surface area contributed by atoms with E-state index in [1.807, 2.05) is 26.0 Å². The lowest BCUT2D eigenvalue weighted by molar-refractivity contribution is -0.384. The van der Waals surface area contributed by atoms with Gasteiger partial charge in [-0.1, -0.05) is 29.8 Å². The van der Waals surface area contributed by atoms with E-state index in [9.17, 15) is 19.7 Å². The van der Waals surface area contributed by atoms with E-state index in [2.05, 4.69) is 5.32 Å². The van der Waals surface area contributed by atoms with Crippen molar-refractivity contribution >= 4 is 23.1 Å². The first-order valence-corrected chi connectivity index (χ1v) is 7.01. The fourth-order valence-electron chi connectivity index (χ4n) is 2.15. The SMILES string of the molecule is Cc1ccc(NC(=O)C(=O)Cc2ccc([N+](=O)[O-])cc2)c(C)c1. The number of nitro benzene ring substituents is 1. The maximum atomic E-state index is 12.0. The summed E-state index contributed by atoms with van der Waals surface area (Å²) in [6.07, 6.45) is -0.102. The van der Waals surface area contributed by atoms with Crippen LogP contribution in [-0.4, -0.2) is 16.6 Å². The maximum Gasteiger partial charge on any atom is 0.292 e. The lowest BCUT2D eigenvalue weighted by Crippen LogP contribution is -2.24. The number of rotatable bonds is 5. The number of nitro groups is 1. The lowest BCUT2D eigenvalue weighted by Gasteiger charge is -2.08. The molecule has 0 radical (unpaired) electrons. The minimum Gasteiger partial charge on any atom is -0.319 e. The summed E-state index contributed by atoms with van der Waals surface area (Å²) in [5.74, 6) is -1.30. The Balaban J connectivity index is 2.02. The van der Waals surface area contributed by atoms with Crippen LogP contribution in [0.2, 0.25) is 0 Å². The summed E-state index contributed by atoms with van der Waals surface area (Å²) in [6.45, 7) is 3.79. The number of non-ortho nitro benzene ring substituents is 1. The number of nitrogens with zero attached hydrogens (tertiary/aromatic N) is 1. The Kier molecular flexibility index (Phi) is 4.85. The number of carbonyl (C=O) groups is 2. The van der Waals surface area contributed by atoms with Crippen molar-refractivity contribution in [2.24, 2.45) is 0 Å². The first-order valence-electron chi connectivity index (χ1n) is 7.01. The highest BCUT2D eigenvalue weighted by Crippen LogP contribution is 2.16. The third kappa shape index (κ3) is 4.23. The first-order chi connectivity index (χ1) is 10.9. The van der Waals surface area contributed by atoms with Crippen molar-refractivity contribution in [3.05, 3.63) is 69.3 Å². The molecule has 118 valence electrons. The van der Waals surface area contributed by atoms with E-state index in [4.69, 9.17) is 0 Å². The van der Waals surface area contributed by atoms with Gasteiger partial charge in [0.05, 0.1) is 4.92 Å². The molecule has 0 aliphatic heterocycles. The second-order valence-electron chi connectivity index (χ2n) is 5.30. The van der Waals surface area contributed by atoms with E-state index in [1.54, 1.807) is 6.07 Å². The number of aryl methyl sites for hydroxylation is 2. The molecule has 2 aromatic carbocycles. The normalized spacial score (nSPS) is 10.2. The molecular weight excluding hydrogens is 296 g/mol. The van der Waals surface area contributed by atoms with Gasteiger partial charge in [0, 0.05) is 24.2 Å². The minimum atomic E-state index is -0.699. The van der Waals surface area contributed by atoms with Crippen molar-refractivity contribution in [2.75, 3.05) is 5.32 Å². The van der Waals surface area contributed by atoms with Crippen LogP contribution in [0.1, 0.15) is 16.7 Å². The monoisotopic (exact) mass is 312 g/mol. The highest BCUT2D eigenvalue weighted by Gasteiger charge is 2.16. The smallest absolute Gasteiger partial charge is 0.292 e. The average molecular weight is 312 g/mol. The van der Waals surface area contributed by atoms with Gasteiger partial charge >= 0.3 is 0 Å². The van der Waals surface area contributed by atoms with Crippen LogP contribution in [0.4, 0.5) is 11.4 Å². The molecule has 1 amide bonds. The largest absolute Gasteiger partial charge is 0.319 e. The van der Waals surface area contributed by atoms with Crippen LogP contribution >= 0.6 is 0 Å². The summed E-state index contributed by atoms with van der Waals surface area (Å²) in [6, 6.07) is 11.1. The zero-order valence-electron chi connectivity index (χ0n) is 12.8. The summed E-state index contributed by atoms with van der Waals surface area (Å²) in [4.78, 5) is 34.0. The first kappa shape index (κ1) is 16.4. The number of anilines is 1. The topological polar surface area (TPSA) is 89.3 Å². The highest BCUT2D eigenvalue weighted by molar-refractivity contribution is 6.41. The standard InChI is InChI=1S/C17H16N2O4/c1-11-3-8-15(12(2)9-11)18-17(21)16(20)10-13-4-6-14(7-5-13)19(22)23/h3-9H,10H2,1-2H3,(H,18,21). The third-order valence-corrected chi connectivity index (χ3v) is 3.40. The molecular formula is C17H16N2O4. The number of nitrogens with one attached hydrogen (secondary N) is 1. The second kappa shape index (κ2) is 6.83. The molecule has 6 heteroatoms. The summed E-state index contributed by atoms with van der Waals surface area (Å²) in [7, 11) is 0. The molecule has 0 saturated heterocycles. The van der Waals surface area contributed by atoms with Crippen LogP contribution in [0.3, 0.4) is 0 Å². The van der Waals surface area contributed by atoms with Gasteiger partial charge in [0.25, 0.3) is 11.6 Å². The summed E-state index contributed by atoms with van der Waals surface area (Å²) in [5.41, 5.74) is 3.04. The van der Waals surface area contributed by atoms with Crippen molar-refractivity contribution in [1.29, 1.82) is 0 Å². The van der Waals surface area contributed by atoms with E-state index in [-0.39, 0.29) is 12.1 Å². The van der Waals surface area contributed by atoms with Crippen molar-refractivity contribution < 1.29 is 14.5 Å². The molecule has 0 saturated carbocycles. The van der Waals surface area contributed by atoms with Crippen LogP contribution in [0, 0.1) is 24.0 Å². The average Bonchev–Trinajstić information content (AvgIpc) is 2.50. The zero-order valence-corrected chi connectivity index (χ0v) is 12.8. The van der Waals surface area contributed by atoms with Crippen LogP contribution in [0.15, 0.2) is 42.5 Å². The summed E-state index contributed by atoms with van der Waals surface area (Å²) in [5, 5.41) is 13.2. The van der Waals surface area contributed by atoms with Crippen molar-refractivity contribution in [1.82, 2.24) is 0 Å². The van der Waals surface area contributed by atoms with Gasteiger partial charge in [0.2, 0.25) is 5.78 Å². The number of hydrogen-bond acceptors (Lipinski definition) is 4. The van der Waals surface area contributed by atoms with Crippen molar-refractivity contribution in [3.63, 3.8) is 0 Å². The molecule has 0 fully saturated rings. The van der Waals surface area contributed by atoms with Crippen molar-refractivity contribution in [2.45, 2.75) is 20.3 Å². The molecule has 0 heterocycles. The lowest BCUT2D eigenvalue weighted by atomic mass is 10.1. The fraction of sp³-hybridized carbons (Fsp3) is 0.176. The third-order valence-electron chi connectivity index (χ3n) is 3.40. The van der Waals surface area contributed by atoms with Gasteiger partial charge in [-0.25, -0.2) is 0 Å². The molecule has 0 aromatic heterocycles. The van der Waals surface area contributed by atoms with Gasteiger partial charge < -0.3 is 5.32 Å². The van der Waals surface area contributed by atoms with Gasteiger partial charge in [-0.05, 0) is 31.0 Å². The molecule has 0 atom stereocenters. The fourth-order valence-corrected chi connectivity index (χ4v) is 2.15. The molecule has 0 aliphatic rings. The molecule has 0 unspecified atom stereocenters. The minimum absolute atomic E-state index is 0.0547. The van der Waals surface area contributed by atoms with Gasteiger partial charge in [0.1, 0.15) is 0 Å². The van der Waals surface area contributed by atoms with E-state index >= 15 is 0 Å². The Hall–Kier alpha value is -3.02. The van der Waals surface area contributed by atoms with E-state index in [1.165, 1.54) is 24.3 Å². The molecule has 0 spiro atoms. The highest BCUT2D eigenvalue weighted by atomic mass is 16.6. The molecule has 0 aliphatic carbocycles. The Morgan fingerprint density at radius 3 is 2.30 bits per heavy atom. The molecule has 23 heavy (non-hydrogen) atoms. The molecule has 2 rings (SSSR count). The number of ketones is 1. The number of carbonyl (C=O) groups excluding carboxylic acids is 2. The van der Waals surface area contributed by atoms with Crippen molar-refractivity contribution in [3.8, 4) is 0 Å². The van der Waals surface area contributed by atoms with Crippen LogP contribution in [0.5, 0.6) is 0 Å². The maximum absolute atomic E-state index is 12.0. The van der Waals surface area contributed by atoms with E-state index in [0.717, 1.165) is 11.1 Å². The van der Waals surface area contributed by atoms with Gasteiger partial charge in [-0.3, -0.25) is 19.7 Å². The number of Topliss-reactive ketones (excluding diaryl/α,β-unsaturated/α-hetero) is 1. The Bertz CT molecular complexity index is 767. The van der Waals surface area contributed by atoms with Gasteiger partial charge in [-0.15, -0.1) is 0 Å². The van der Waals surface area contributed by atoms with Gasteiger partial charge in [-0.2, -0.15) is 0 Å². The Morgan fingerprint density at radius 1 is 1.09 bits per heavy atom. The zero-order chi connectivity index (χ0) is 17.0. The number of amides is 1. The predicted molar refractivity (Wildman–Crippen MR) is 86.4 cm³/mol. The number of benzene rings is 2. The summed E-state index contributed by atoms with van der Waals surface area (Å²) < 4.78 is 0. The predicted octanol–water partition coefficient (Wildman–Crippen LogP) is 2.96. The van der Waals surface area contributed by atoms with Crippen LogP contribution in [0.25, 0.3) is 0 Å². The number of hydrogen-bond donors (Lipinski definition) is 1. The Morgan fingerprint density at radius 2 is 1.74 bits per heavy atom. The van der Waals surface area contributed by atoms with Crippen LogP contribution < -0.4 is 5.32 Å². The van der Waals surface area contributed by atoms with E-state index in [0.29, 0.717) is 11.3 Å². The molecule has 2 aromatic rings. The molecule has 0 bridgehead atoms. The Labute approximate surface area is 133 Å². The molecule has 6 nitrogen and oxygen atoms in total. The van der Waals surface area contributed by atoms with Crippen LogP contribution in [-0.2, 0) is 16.0 Å². The summed E-state index contributed by atoms with van der Waals surface area (Å²) >= 11 is 0. The molecule has 1 N–H and O–H groups in total. The van der Waals surface area contributed by atoms with Gasteiger partial charge in [0.15, 0.2) is 0 Å². The second-order valence-corrected chi connectivity index (χ2v) is 5.30. The van der Waals surface area contributed by atoms with E-state index < -0.39 is 16.6 Å². The quantitative estimate of drug-likeness (QED) is 0.522.